The van der Waals surface area contributed by atoms with Gasteiger partial charge in [0.05, 0.1) is 24.5 Å². The van der Waals surface area contributed by atoms with E-state index < -0.39 is 0 Å². The summed E-state index contributed by atoms with van der Waals surface area (Å²) in [5.41, 5.74) is 2.57. The number of methoxy groups -OCH3 is 1. The molecular weight excluding hydrogens is 394 g/mol. The van der Waals surface area contributed by atoms with Crippen LogP contribution in [0, 0.1) is 18.3 Å². The van der Waals surface area contributed by atoms with E-state index >= 15 is 0 Å². The molecule has 2 heterocycles. The number of nitrogens with zero attached hydrogens (tertiary/aromatic N) is 4. The zero-order valence-corrected chi connectivity index (χ0v) is 17.1. The van der Waals surface area contributed by atoms with Crippen LogP contribution >= 0.6 is 23.1 Å². The van der Waals surface area contributed by atoms with Crippen LogP contribution in [0.1, 0.15) is 11.1 Å². The Bertz CT molecular complexity index is 1010. The van der Waals surface area contributed by atoms with Gasteiger partial charge in [0.2, 0.25) is 5.91 Å². The molecule has 0 saturated carbocycles. The maximum atomic E-state index is 12.3. The molecule has 0 radical (unpaired) electrons. The van der Waals surface area contributed by atoms with Crippen LogP contribution in [0.5, 0.6) is 0 Å². The van der Waals surface area contributed by atoms with Crippen molar-refractivity contribution in [3.05, 3.63) is 46.8 Å². The van der Waals surface area contributed by atoms with Crippen LogP contribution in [0.4, 0.5) is 5.00 Å². The minimum atomic E-state index is -0.192. The summed E-state index contributed by atoms with van der Waals surface area (Å²) >= 11 is 2.63. The molecule has 0 atom stereocenters. The average molecular weight is 414 g/mol. The summed E-state index contributed by atoms with van der Waals surface area (Å²) in [5.74, 6) is 0.720. The SMILES string of the molecule is COCCn1c(SCC(=O)Nc2sccc2C#N)nnc1-c1cccc(C)c1. The normalized spacial score (nSPS) is 10.6. The molecule has 1 N–H and O–H groups in total. The highest BCUT2D eigenvalue weighted by Crippen LogP contribution is 2.26. The number of benzene rings is 1. The fourth-order valence-electron chi connectivity index (χ4n) is 2.56. The largest absolute Gasteiger partial charge is 0.383 e. The minimum absolute atomic E-state index is 0.168. The average Bonchev–Trinajstić information content (AvgIpc) is 3.31. The smallest absolute Gasteiger partial charge is 0.235 e. The fourth-order valence-corrected chi connectivity index (χ4v) is 4.08. The van der Waals surface area contributed by atoms with Crippen LogP contribution in [0.15, 0.2) is 40.9 Å². The van der Waals surface area contributed by atoms with Crippen molar-refractivity contribution in [3.63, 3.8) is 0 Å². The molecule has 1 amide bonds. The van der Waals surface area contributed by atoms with Gasteiger partial charge in [0.25, 0.3) is 0 Å². The quantitative estimate of drug-likeness (QED) is 0.568. The summed E-state index contributed by atoms with van der Waals surface area (Å²) in [6.45, 7) is 3.12. The van der Waals surface area contributed by atoms with E-state index in [1.165, 1.54) is 23.1 Å². The first-order chi connectivity index (χ1) is 13.6. The van der Waals surface area contributed by atoms with Gasteiger partial charge in [-0.15, -0.1) is 21.5 Å². The molecule has 0 saturated heterocycles. The first-order valence-corrected chi connectivity index (χ1v) is 10.4. The number of thiophene rings is 1. The van der Waals surface area contributed by atoms with E-state index in [0.29, 0.717) is 28.9 Å². The highest BCUT2D eigenvalue weighted by atomic mass is 32.2. The predicted molar refractivity (Wildman–Crippen MR) is 110 cm³/mol. The summed E-state index contributed by atoms with van der Waals surface area (Å²) in [7, 11) is 1.64. The predicted octanol–water partition coefficient (Wildman–Crippen LogP) is 3.56. The number of carbonyl (C=O) groups excluding carboxylic acids is 1. The molecule has 3 rings (SSSR count). The number of amides is 1. The van der Waals surface area contributed by atoms with Gasteiger partial charge in [-0.3, -0.25) is 9.36 Å². The molecule has 2 aromatic heterocycles. The number of hydrogen-bond donors (Lipinski definition) is 1. The molecule has 0 aliphatic rings. The van der Waals surface area contributed by atoms with Gasteiger partial charge in [-0.25, -0.2) is 0 Å². The van der Waals surface area contributed by atoms with Crippen molar-refractivity contribution in [2.24, 2.45) is 0 Å². The third kappa shape index (κ3) is 4.78. The van der Waals surface area contributed by atoms with Crippen LogP contribution in [-0.2, 0) is 16.1 Å². The molecule has 3 aromatic rings. The van der Waals surface area contributed by atoms with Gasteiger partial charge in [-0.1, -0.05) is 35.5 Å². The molecule has 0 unspecified atom stereocenters. The summed E-state index contributed by atoms with van der Waals surface area (Å²) in [6, 6.07) is 11.8. The Kier molecular flexibility index (Phi) is 6.81. The Labute approximate surface area is 171 Å². The first kappa shape index (κ1) is 20.1. The molecule has 7 nitrogen and oxygen atoms in total. The molecule has 0 fully saturated rings. The van der Waals surface area contributed by atoms with Crippen molar-refractivity contribution in [3.8, 4) is 17.5 Å². The highest BCUT2D eigenvalue weighted by Gasteiger charge is 2.16. The van der Waals surface area contributed by atoms with Crippen LogP contribution < -0.4 is 5.32 Å². The molecule has 1 aromatic carbocycles. The van der Waals surface area contributed by atoms with Gasteiger partial charge in [-0.05, 0) is 24.4 Å². The Morgan fingerprint density at radius 1 is 1.39 bits per heavy atom. The number of nitrogens with one attached hydrogen (secondary N) is 1. The minimum Gasteiger partial charge on any atom is -0.383 e. The lowest BCUT2D eigenvalue weighted by atomic mass is 10.1. The van der Waals surface area contributed by atoms with Gasteiger partial charge >= 0.3 is 0 Å². The monoisotopic (exact) mass is 413 g/mol. The summed E-state index contributed by atoms with van der Waals surface area (Å²) in [6.07, 6.45) is 0. The van der Waals surface area contributed by atoms with Gasteiger partial charge < -0.3 is 10.1 Å². The molecule has 0 aliphatic carbocycles. The Hall–Kier alpha value is -2.67. The van der Waals surface area contributed by atoms with Gasteiger partial charge in [0.1, 0.15) is 11.1 Å². The number of ether oxygens (including phenoxy) is 1. The highest BCUT2D eigenvalue weighted by molar-refractivity contribution is 7.99. The third-order valence-corrected chi connectivity index (χ3v) is 5.68. The zero-order chi connectivity index (χ0) is 19.9. The lowest BCUT2D eigenvalue weighted by molar-refractivity contribution is -0.113. The van der Waals surface area contributed by atoms with E-state index in [0.717, 1.165) is 17.0 Å². The summed E-state index contributed by atoms with van der Waals surface area (Å²) < 4.78 is 7.17. The van der Waals surface area contributed by atoms with Gasteiger partial charge in [0, 0.05) is 12.7 Å². The third-order valence-electron chi connectivity index (χ3n) is 3.88. The lowest BCUT2D eigenvalue weighted by Gasteiger charge is -2.10. The van der Waals surface area contributed by atoms with E-state index in [2.05, 4.69) is 27.6 Å². The number of thioether (sulfide) groups is 1. The Balaban J connectivity index is 1.74. The number of anilines is 1. The van der Waals surface area contributed by atoms with Crippen molar-refractivity contribution in [1.82, 2.24) is 14.8 Å². The van der Waals surface area contributed by atoms with E-state index in [1.807, 2.05) is 29.7 Å². The molecular formula is C19H19N5O2S2. The maximum absolute atomic E-state index is 12.3. The van der Waals surface area contributed by atoms with E-state index in [9.17, 15) is 4.79 Å². The van der Waals surface area contributed by atoms with Crippen LogP contribution in [0.2, 0.25) is 0 Å². The summed E-state index contributed by atoms with van der Waals surface area (Å²) in [5, 5.41) is 23.4. The van der Waals surface area contributed by atoms with Crippen LogP contribution in [-0.4, -0.2) is 40.1 Å². The Morgan fingerprint density at radius 3 is 3.00 bits per heavy atom. The summed E-state index contributed by atoms with van der Waals surface area (Å²) in [4.78, 5) is 12.3. The Morgan fingerprint density at radius 2 is 2.25 bits per heavy atom. The van der Waals surface area contributed by atoms with Crippen LogP contribution in [0.25, 0.3) is 11.4 Å². The second-order valence-electron chi connectivity index (χ2n) is 5.93. The zero-order valence-electron chi connectivity index (χ0n) is 15.5. The van der Waals surface area contributed by atoms with Crippen molar-refractivity contribution < 1.29 is 9.53 Å². The van der Waals surface area contributed by atoms with Crippen molar-refractivity contribution in [1.29, 1.82) is 5.26 Å². The number of rotatable bonds is 8. The molecule has 144 valence electrons. The molecule has 9 heteroatoms. The second kappa shape index (κ2) is 9.50. The number of nitriles is 1. The lowest BCUT2D eigenvalue weighted by Crippen LogP contribution is -2.15. The number of hydrogen-bond acceptors (Lipinski definition) is 7. The number of aromatic nitrogens is 3. The number of aryl methyl sites for hydroxylation is 1. The molecule has 0 spiro atoms. The van der Waals surface area contributed by atoms with Crippen molar-refractivity contribution in [2.75, 3.05) is 24.8 Å². The second-order valence-corrected chi connectivity index (χ2v) is 7.79. The van der Waals surface area contributed by atoms with Crippen LogP contribution in [0.3, 0.4) is 0 Å². The van der Waals surface area contributed by atoms with Crippen molar-refractivity contribution >= 4 is 34.0 Å². The number of carbonyl (C=O) groups is 1. The van der Waals surface area contributed by atoms with E-state index in [1.54, 1.807) is 18.6 Å². The molecule has 0 bridgehead atoms. The van der Waals surface area contributed by atoms with Gasteiger partial charge in [0.15, 0.2) is 11.0 Å². The van der Waals surface area contributed by atoms with Gasteiger partial charge in [-0.2, -0.15) is 5.26 Å². The maximum Gasteiger partial charge on any atom is 0.235 e. The fraction of sp³-hybridized carbons (Fsp3) is 0.263. The molecule has 0 aliphatic heterocycles. The van der Waals surface area contributed by atoms with Crippen molar-refractivity contribution in [2.45, 2.75) is 18.6 Å². The molecule has 28 heavy (non-hydrogen) atoms. The standard InChI is InChI=1S/C19H19N5O2S2/c1-13-4-3-5-14(10-13)17-22-23-19(24(17)7-8-26-2)28-12-16(25)21-18-15(11-20)6-9-27-18/h3-6,9-10H,7-8,12H2,1-2H3,(H,21,25). The van der Waals surface area contributed by atoms with E-state index in [4.69, 9.17) is 10.00 Å². The topological polar surface area (TPSA) is 92.8 Å². The van der Waals surface area contributed by atoms with E-state index in [-0.39, 0.29) is 11.7 Å². The first-order valence-electron chi connectivity index (χ1n) is 8.51.